The average molecular weight is 310 g/mol. The number of allylic oxidation sites excluding steroid dienone is 3. The lowest BCUT2D eigenvalue weighted by atomic mass is 9.93. The Kier molecular flexibility index (Phi) is 5.42. The van der Waals surface area contributed by atoms with E-state index in [2.05, 4.69) is 104 Å². The van der Waals surface area contributed by atoms with Crippen molar-refractivity contribution in [2.45, 2.75) is 13.3 Å². The summed E-state index contributed by atoms with van der Waals surface area (Å²) >= 11 is 0. The van der Waals surface area contributed by atoms with E-state index in [9.17, 15) is 0 Å². The minimum absolute atomic E-state index is 0.916. The van der Waals surface area contributed by atoms with E-state index in [1.165, 1.54) is 27.8 Å². The fraction of sp³-hybridized carbons (Fsp3) is 0.0833. The molecule has 0 aliphatic rings. The fourth-order valence-corrected chi connectivity index (χ4v) is 2.87. The van der Waals surface area contributed by atoms with Crippen LogP contribution in [-0.2, 0) is 0 Å². The maximum atomic E-state index is 2.25. The molecule has 0 heteroatoms. The summed E-state index contributed by atoms with van der Waals surface area (Å²) in [4.78, 5) is 0. The van der Waals surface area contributed by atoms with Crippen LogP contribution in [0.5, 0.6) is 0 Å². The van der Waals surface area contributed by atoms with Gasteiger partial charge in [0.05, 0.1) is 0 Å². The Morgan fingerprint density at radius 2 is 1.17 bits per heavy atom. The normalized spacial score (nSPS) is 12.2. The molecule has 0 bridgehead atoms. The molecule has 0 unspecified atom stereocenters. The Labute approximate surface area is 144 Å². The first-order valence-electron chi connectivity index (χ1n) is 8.37. The molecule has 0 nitrogen and oxygen atoms in total. The molecule has 0 saturated heterocycles. The zero-order valence-corrected chi connectivity index (χ0v) is 14.0. The molecule has 0 aliphatic heterocycles. The molecule has 3 rings (SSSR count). The molecule has 0 aromatic heterocycles. The first kappa shape index (κ1) is 16.0. The van der Waals surface area contributed by atoms with Crippen LogP contribution >= 0.6 is 0 Å². The second-order valence-electron chi connectivity index (χ2n) is 5.85. The third-order valence-electron chi connectivity index (χ3n) is 4.21. The molecular weight excluding hydrogens is 288 g/mol. The molecular formula is C24H22. The van der Waals surface area contributed by atoms with Gasteiger partial charge in [0.25, 0.3) is 0 Å². The van der Waals surface area contributed by atoms with Gasteiger partial charge in [-0.25, -0.2) is 0 Å². The van der Waals surface area contributed by atoms with Crippen molar-refractivity contribution in [3.05, 3.63) is 114 Å². The number of benzene rings is 3. The Bertz CT molecular complexity index is 810. The van der Waals surface area contributed by atoms with Gasteiger partial charge >= 0.3 is 0 Å². The van der Waals surface area contributed by atoms with Gasteiger partial charge in [0.2, 0.25) is 0 Å². The lowest BCUT2D eigenvalue weighted by molar-refractivity contribution is 1.38. The van der Waals surface area contributed by atoms with Crippen LogP contribution in [0.4, 0.5) is 0 Å². The van der Waals surface area contributed by atoms with Crippen molar-refractivity contribution in [3.8, 4) is 0 Å². The molecule has 0 heterocycles. The standard InChI is InChI=1S/C24H22/c1-20(22-15-7-3-8-16-22)24(23-17-9-4-10-18-23)19-11-14-21-12-5-2-6-13-21/h2-18H,19H2,1H3/b14-11+,24-20-. The van der Waals surface area contributed by atoms with E-state index >= 15 is 0 Å². The third-order valence-corrected chi connectivity index (χ3v) is 4.21. The SMILES string of the molecule is C/C(=C(\C/C=C/c1ccccc1)c1ccccc1)c1ccccc1. The Hall–Kier alpha value is -2.86. The predicted octanol–water partition coefficient (Wildman–Crippen LogP) is 6.72. The average Bonchev–Trinajstić information content (AvgIpc) is 2.67. The van der Waals surface area contributed by atoms with Gasteiger partial charge in [-0.2, -0.15) is 0 Å². The van der Waals surface area contributed by atoms with Gasteiger partial charge in [-0.3, -0.25) is 0 Å². The van der Waals surface area contributed by atoms with E-state index in [1.807, 2.05) is 6.07 Å². The monoisotopic (exact) mass is 310 g/mol. The minimum Gasteiger partial charge on any atom is -0.0795 e. The van der Waals surface area contributed by atoms with Crippen LogP contribution < -0.4 is 0 Å². The third kappa shape index (κ3) is 4.11. The summed E-state index contributed by atoms with van der Waals surface area (Å²) in [7, 11) is 0. The van der Waals surface area contributed by atoms with Gasteiger partial charge in [0.1, 0.15) is 0 Å². The van der Waals surface area contributed by atoms with Gasteiger partial charge in [-0.05, 0) is 41.2 Å². The van der Waals surface area contributed by atoms with Crippen LogP contribution in [0.25, 0.3) is 17.2 Å². The van der Waals surface area contributed by atoms with Crippen molar-refractivity contribution in [1.82, 2.24) is 0 Å². The predicted molar refractivity (Wildman–Crippen MR) is 105 cm³/mol. The van der Waals surface area contributed by atoms with Crippen molar-refractivity contribution in [3.63, 3.8) is 0 Å². The molecule has 0 fully saturated rings. The van der Waals surface area contributed by atoms with Crippen LogP contribution in [0.3, 0.4) is 0 Å². The Morgan fingerprint density at radius 1 is 0.667 bits per heavy atom. The molecule has 0 radical (unpaired) electrons. The van der Waals surface area contributed by atoms with Crippen LogP contribution in [0.15, 0.2) is 97.1 Å². The first-order valence-corrected chi connectivity index (χ1v) is 8.37. The van der Waals surface area contributed by atoms with E-state index in [1.54, 1.807) is 0 Å². The van der Waals surface area contributed by atoms with Crippen LogP contribution in [-0.4, -0.2) is 0 Å². The summed E-state index contributed by atoms with van der Waals surface area (Å²) in [6, 6.07) is 31.7. The smallest absolute Gasteiger partial charge is 0.00853 e. The highest BCUT2D eigenvalue weighted by atomic mass is 14.1. The van der Waals surface area contributed by atoms with Crippen molar-refractivity contribution < 1.29 is 0 Å². The number of rotatable bonds is 5. The minimum atomic E-state index is 0.916. The zero-order valence-electron chi connectivity index (χ0n) is 14.0. The maximum Gasteiger partial charge on any atom is -0.00853 e. The molecule has 24 heavy (non-hydrogen) atoms. The summed E-state index contributed by atoms with van der Waals surface area (Å²) in [6.45, 7) is 2.22. The molecule has 0 N–H and O–H groups in total. The first-order chi connectivity index (χ1) is 11.8. The lowest BCUT2D eigenvalue weighted by Crippen LogP contribution is -1.89. The quantitative estimate of drug-likeness (QED) is 0.459. The van der Waals surface area contributed by atoms with E-state index in [-0.39, 0.29) is 0 Å². The van der Waals surface area contributed by atoms with Crippen LogP contribution in [0.1, 0.15) is 30.0 Å². The lowest BCUT2D eigenvalue weighted by Gasteiger charge is -2.12. The largest absolute Gasteiger partial charge is 0.0795 e. The summed E-state index contributed by atoms with van der Waals surface area (Å²) in [5.74, 6) is 0. The molecule has 0 saturated carbocycles. The topological polar surface area (TPSA) is 0 Å². The van der Waals surface area contributed by atoms with E-state index in [0.717, 1.165) is 6.42 Å². The second-order valence-corrected chi connectivity index (χ2v) is 5.85. The number of hydrogen-bond donors (Lipinski definition) is 0. The molecule has 0 amide bonds. The van der Waals surface area contributed by atoms with Gasteiger partial charge in [0.15, 0.2) is 0 Å². The fourth-order valence-electron chi connectivity index (χ4n) is 2.87. The number of hydrogen-bond acceptors (Lipinski definition) is 0. The molecule has 3 aromatic rings. The van der Waals surface area contributed by atoms with Gasteiger partial charge in [-0.15, -0.1) is 0 Å². The second kappa shape index (κ2) is 8.12. The summed E-state index contributed by atoms with van der Waals surface area (Å²) < 4.78 is 0. The van der Waals surface area contributed by atoms with Crippen molar-refractivity contribution in [1.29, 1.82) is 0 Å². The van der Waals surface area contributed by atoms with Gasteiger partial charge in [-0.1, -0.05) is 103 Å². The van der Waals surface area contributed by atoms with Gasteiger partial charge < -0.3 is 0 Å². The van der Waals surface area contributed by atoms with Gasteiger partial charge in [0, 0.05) is 0 Å². The highest BCUT2D eigenvalue weighted by Crippen LogP contribution is 2.29. The molecule has 0 aliphatic carbocycles. The van der Waals surface area contributed by atoms with Crippen LogP contribution in [0, 0.1) is 0 Å². The summed E-state index contributed by atoms with van der Waals surface area (Å²) in [5.41, 5.74) is 6.51. The molecule has 118 valence electrons. The van der Waals surface area contributed by atoms with E-state index in [4.69, 9.17) is 0 Å². The molecule has 0 atom stereocenters. The summed E-state index contributed by atoms with van der Waals surface area (Å²) in [5, 5.41) is 0. The molecule has 3 aromatic carbocycles. The highest BCUT2D eigenvalue weighted by Gasteiger charge is 2.06. The summed E-state index contributed by atoms with van der Waals surface area (Å²) in [6.07, 6.45) is 5.37. The zero-order chi connectivity index (χ0) is 16.6. The van der Waals surface area contributed by atoms with E-state index < -0.39 is 0 Å². The van der Waals surface area contributed by atoms with Crippen molar-refractivity contribution in [2.75, 3.05) is 0 Å². The Morgan fingerprint density at radius 3 is 1.75 bits per heavy atom. The Balaban J connectivity index is 1.93. The molecule has 0 spiro atoms. The maximum absolute atomic E-state index is 2.25. The van der Waals surface area contributed by atoms with Crippen molar-refractivity contribution >= 4 is 17.2 Å². The highest BCUT2D eigenvalue weighted by molar-refractivity contribution is 5.90. The van der Waals surface area contributed by atoms with Crippen molar-refractivity contribution in [2.24, 2.45) is 0 Å². The van der Waals surface area contributed by atoms with Crippen LogP contribution in [0.2, 0.25) is 0 Å². The van der Waals surface area contributed by atoms with E-state index in [0.29, 0.717) is 0 Å².